The van der Waals surface area contributed by atoms with Gasteiger partial charge in [0.05, 0.1) is 5.56 Å². The second-order valence-corrected chi connectivity index (χ2v) is 5.54. The summed E-state index contributed by atoms with van der Waals surface area (Å²) in [5.41, 5.74) is 0.162. The lowest BCUT2D eigenvalue weighted by atomic mass is 10.2. The fourth-order valence-corrected chi connectivity index (χ4v) is 2.52. The molecule has 2 rings (SSSR count). The van der Waals surface area contributed by atoms with Gasteiger partial charge in [0.15, 0.2) is 0 Å². The Kier molecular flexibility index (Phi) is 6.08. The maximum Gasteiger partial charge on any atom is 0.354 e. The van der Waals surface area contributed by atoms with Crippen molar-refractivity contribution in [2.45, 2.75) is 32.1 Å². The second kappa shape index (κ2) is 8.26. The van der Waals surface area contributed by atoms with Gasteiger partial charge < -0.3 is 15.3 Å². The van der Waals surface area contributed by atoms with Crippen LogP contribution in [0.2, 0.25) is 0 Å². The molecule has 0 bridgehead atoms. The second-order valence-electron chi connectivity index (χ2n) is 5.54. The summed E-state index contributed by atoms with van der Waals surface area (Å²) in [7, 11) is 0. The highest BCUT2D eigenvalue weighted by Gasteiger charge is 2.15. The highest BCUT2D eigenvalue weighted by molar-refractivity contribution is 5.95. The Bertz CT molecular complexity index is 563. The van der Waals surface area contributed by atoms with E-state index < -0.39 is 5.97 Å². The van der Waals surface area contributed by atoms with Crippen molar-refractivity contribution in [1.82, 2.24) is 15.2 Å². The number of aromatic carboxylic acids is 1. The fraction of sp³-hybridized carbons (Fsp3) is 0.500. The van der Waals surface area contributed by atoms with Crippen molar-refractivity contribution >= 4 is 17.8 Å². The van der Waals surface area contributed by atoms with Crippen LogP contribution in [0, 0.1) is 0 Å². The molecule has 124 valence electrons. The van der Waals surface area contributed by atoms with Gasteiger partial charge in [-0.1, -0.05) is 12.8 Å². The first-order valence-corrected chi connectivity index (χ1v) is 7.83. The van der Waals surface area contributed by atoms with E-state index >= 15 is 0 Å². The van der Waals surface area contributed by atoms with E-state index in [1.807, 2.05) is 4.90 Å². The van der Waals surface area contributed by atoms with Crippen molar-refractivity contribution < 1.29 is 19.5 Å². The van der Waals surface area contributed by atoms with Crippen LogP contribution in [0.15, 0.2) is 18.3 Å². The summed E-state index contributed by atoms with van der Waals surface area (Å²) in [5.74, 6) is -1.44. The number of pyridine rings is 1. The molecule has 2 amide bonds. The molecule has 0 unspecified atom stereocenters. The summed E-state index contributed by atoms with van der Waals surface area (Å²) in [6.45, 7) is 1.86. The summed E-state index contributed by atoms with van der Waals surface area (Å²) in [4.78, 5) is 40.3. The van der Waals surface area contributed by atoms with Crippen molar-refractivity contribution in [3.05, 3.63) is 29.6 Å². The van der Waals surface area contributed by atoms with Crippen LogP contribution in [-0.2, 0) is 4.79 Å². The zero-order valence-electron chi connectivity index (χ0n) is 13.0. The molecule has 7 nitrogen and oxygen atoms in total. The van der Waals surface area contributed by atoms with Gasteiger partial charge in [0.2, 0.25) is 5.91 Å². The summed E-state index contributed by atoms with van der Waals surface area (Å²) < 4.78 is 0. The minimum absolute atomic E-state index is 0.0616. The van der Waals surface area contributed by atoms with Crippen molar-refractivity contribution in [3.8, 4) is 0 Å². The first-order chi connectivity index (χ1) is 11.1. The highest BCUT2D eigenvalue weighted by Crippen LogP contribution is 2.10. The lowest BCUT2D eigenvalue weighted by Gasteiger charge is -2.20. The quantitative estimate of drug-likeness (QED) is 0.852. The summed E-state index contributed by atoms with van der Waals surface area (Å²) in [6.07, 6.45) is 5.90. The number of rotatable bonds is 5. The highest BCUT2D eigenvalue weighted by atomic mass is 16.4. The van der Waals surface area contributed by atoms with Crippen LogP contribution < -0.4 is 5.32 Å². The molecule has 0 radical (unpaired) electrons. The van der Waals surface area contributed by atoms with Gasteiger partial charge in [-0.05, 0) is 25.0 Å². The van der Waals surface area contributed by atoms with Gasteiger partial charge in [-0.25, -0.2) is 9.78 Å². The predicted molar refractivity (Wildman–Crippen MR) is 83.2 cm³/mol. The molecule has 0 saturated carbocycles. The molecule has 1 aliphatic heterocycles. The molecule has 1 saturated heterocycles. The molecule has 0 aromatic carbocycles. The molecule has 23 heavy (non-hydrogen) atoms. The van der Waals surface area contributed by atoms with Crippen molar-refractivity contribution in [2.75, 3.05) is 19.6 Å². The minimum Gasteiger partial charge on any atom is -0.477 e. The van der Waals surface area contributed by atoms with Gasteiger partial charge in [0.1, 0.15) is 5.69 Å². The van der Waals surface area contributed by atoms with Crippen LogP contribution in [-0.4, -0.2) is 52.4 Å². The number of amides is 2. The fourth-order valence-electron chi connectivity index (χ4n) is 2.52. The molecule has 1 aromatic rings. The molecule has 1 fully saturated rings. The van der Waals surface area contributed by atoms with Gasteiger partial charge in [0, 0.05) is 32.3 Å². The van der Waals surface area contributed by atoms with Crippen LogP contribution >= 0.6 is 0 Å². The van der Waals surface area contributed by atoms with Crippen molar-refractivity contribution in [3.63, 3.8) is 0 Å². The molecular weight excluding hydrogens is 298 g/mol. The minimum atomic E-state index is -1.14. The smallest absolute Gasteiger partial charge is 0.354 e. The first kappa shape index (κ1) is 16.9. The zero-order valence-corrected chi connectivity index (χ0v) is 13.0. The van der Waals surface area contributed by atoms with Crippen molar-refractivity contribution in [2.24, 2.45) is 0 Å². The Morgan fingerprint density at radius 2 is 1.83 bits per heavy atom. The number of likely N-dealkylation sites (tertiary alicyclic amines) is 1. The van der Waals surface area contributed by atoms with Crippen molar-refractivity contribution in [1.29, 1.82) is 0 Å². The summed E-state index contributed by atoms with van der Waals surface area (Å²) >= 11 is 0. The molecule has 1 aromatic heterocycles. The molecule has 0 spiro atoms. The molecule has 0 atom stereocenters. The summed E-state index contributed by atoms with van der Waals surface area (Å²) in [5, 5.41) is 11.4. The average molecular weight is 319 g/mol. The monoisotopic (exact) mass is 319 g/mol. The Morgan fingerprint density at radius 1 is 1.13 bits per heavy atom. The van der Waals surface area contributed by atoms with Gasteiger partial charge >= 0.3 is 5.97 Å². The lowest BCUT2D eigenvalue weighted by molar-refractivity contribution is -0.131. The molecule has 7 heteroatoms. The van der Waals surface area contributed by atoms with Crippen LogP contribution in [0.1, 0.15) is 53.0 Å². The van der Waals surface area contributed by atoms with E-state index in [1.54, 1.807) is 0 Å². The third-order valence-corrected chi connectivity index (χ3v) is 3.83. The molecule has 0 aliphatic carbocycles. The first-order valence-electron chi connectivity index (χ1n) is 7.83. The van der Waals surface area contributed by atoms with Gasteiger partial charge in [-0.3, -0.25) is 9.59 Å². The Labute approximate surface area is 134 Å². The molecular formula is C16H21N3O4. The number of carboxylic acid groups (broad SMARTS) is 1. The van der Waals surface area contributed by atoms with Crippen LogP contribution in [0.4, 0.5) is 0 Å². The van der Waals surface area contributed by atoms with Crippen LogP contribution in [0.3, 0.4) is 0 Å². The van der Waals surface area contributed by atoms with E-state index in [4.69, 9.17) is 5.11 Å². The zero-order chi connectivity index (χ0) is 16.7. The van der Waals surface area contributed by atoms with Gasteiger partial charge in [-0.15, -0.1) is 0 Å². The third-order valence-electron chi connectivity index (χ3n) is 3.83. The normalized spacial score (nSPS) is 14.9. The largest absolute Gasteiger partial charge is 0.477 e. The van der Waals surface area contributed by atoms with E-state index in [2.05, 4.69) is 10.3 Å². The summed E-state index contributed by atoms with van der Waals surface area (Å²) in [6, 6.07) is 2.68. The number of carbonyl (C=O) groups excluding carboxylic acids is 2. The maximum absolute atomic E-state index is 12.1. The van der Waals surface area contributed by atoms with E-state index in [9.17, 15) is 14.4 Å². The van der Waals surface area contributed by atoms with Crippen LogP contribution in [0.25, 0.3) is 0 Å². The Morgan fingerprint density at radius 3 is 2.39 bits per heavy atom. The average Bonchev–Trinajstić information content (AvgIpc) is 2.84. The topological polar surface area (TPSA) is 99.6 Å². The van der Waals surface area contributed by atoms with E-state index in [-0.39, 0.29) is 36.0 Å². The predicted octanol–water partition coefficient (Wildman–Crippen LogP) is 1.30. The van der Waals surface area contributed by atoms with Gasteiger partial charge in [0.25, 0.3) is 5.91 Å². The Hall–Kier alpha value is -2.44. The third kappa shape index (κ3) is 5.05. The standard InChI is InChI=1S/C16H21N3O4/c20-14(19-9-3-1-2-4-10-19)7-8-17-15(21)12-5-6-13(16(22)23)18-11-12/h5-6,11H,1-4,7-10H2,(H,17,21)(H,22,23). The number of nitrogens with zero attached hydrogens (tertiary/aromatic N) is 2. The Balaban J connectivity index is 1.77. The van der Waals surface area contributed by atoms with E-state index in [0.717, 1.165) is 25.9 Å². The maximum atomic E-state index is 12.1. The lowest BCUT2D eigenvalue weighted by Crippen LogP contribution is -2.35. The number of hydrogen-bond donors (Lipinski definition) is 2. The SMILES string of the molecule is O=C(NCCC(=O)N1CCCCCC1)c1ccc(C(=O)O)nc1. The number of carboxylic acids is 1. The number of aromatic nitrogens is 1. The van der Waals surface area contributed by atoms with E-state index in [0.29, 0.717) is 0 Å². The molecule has 2 heterocycles. The van der Waals surface area contributed by atoms with Crippen LogP contribution in [0.5, 0.6) is 0 Å². The van der Waals surface area contributed by atoms with E-state index in [1.165, 1.54) is 31.2 Å². The number of nitrogens with one attached hydrogen (secondary N) is 1. The number of hydrogen-bond acceptors (Lipinski definition) is 4. The molecule has 1 aliphatic rings. The van der Waals surface area contributed by atoms with Gasteiger partial charge in [-0.2, -0.15) is 0 Å². The molecule has 2 N–H and O–H groups in total. The number of carbonyl (C=O) groups is 3.